The van der Waals surface area contributed by atoms with Crippen molar-refractivity contribution < 1.29 is 9.59 Å². The first-order valence-corrected chi connectivity index (χ1v) is 7.21. The molecule has 0 fully saturated rings. The van der Waals surface area contributed by atoms with Crippen molar-refractivity contribution in [3.63, 3.8) is 0 Å². The van der Waals surface area contributed by atoms with Gasteiger partial charge in [-0.25, -0.2) is 0 Å². The SMILES string of the molecule is CC(C)[C@H](N)C(=O)NCC(=O)N(C)Cc1ccccc1Cl. The molecule has 0 heterocycles. The van der Waals surface area contributed by atoms with Crippen LogP contribution in [0.4, 0.5) is 0 Å². The molecular weight excluding hydrogens is 290 g/mol. The van der Waals surface area contributed by atoms with E-state index in [-0.39, 0.29) is 24.3 Å². The van der Waals surface area contributed by atoms with Gasteiger partial charge >= 0.3 is 0 Å². The maximum absolute atomic E-state index is 12.0. The summed E-state index contributed by atoms with van der Waals surface area (Å²) in [5.74, 6) is -0.482. The van der Waals surface area contributed by atoms with E-state index in [1.54, 1.807) is 13.1 Å². The summed E-state index contributed by atoms with van der Waals surface area (Å²) in [6.45, 7) is 4.04. The lowest BCUT2D eigenvalue weighted by atomic mass is 10.1. The van der Waals surface area contributed by atoms with Gasteiger partial charge in [0.15, 0.2) is 0 Å². The van der Waals surface area contributed by atoms with E-state index < -0.39 is 6.04 Å². The Bertz CT molecular complexity index is 505. The number of hydrogen-bond acceptors (Lipinski definition) is 3. The first-order valence-electron chi connectivity index (χ1n) is 6.83. The fraction of sp³-hybridized carbons (Fsp3) is 0.467. The van der Waals surface area contributed by atoms with Crippen molar-refractivity contribution in [3.05, 3.63) is 34.9 Å². The Kier molecular flexibility index (Phi) is 6.65. The molecule has 5 nitrogen and oxygen atoms in total. The summed E-state index contributed by atoms with van der Waals surface area (Å²) >= 11 is 6.05. The molecule has 3 N–H and O–H groups in total. The van der Waals surface area contributed by atoms with E-state index in [0.717, 1.165) is 5.56 Å². The van der Waals surface area contributed by atoms with Gasteiger partial charge in [-0.1, -0.05) is 43.6 Å². The minimum Gasteiger partial charge on any atom is -0.346 e. The standard InChI is InChI=1S/C15H22ClN3O2/c1-10(2)14(17)15(21)18-8-13(20)19(3)9-11-6-4-5-7-12(11)16/h4-7,10,14H,8-9,17H2,1-3H3,(H,18,21)/t14-/m0/s1. The normalized spacial score (nSPS) is 12.1. The zero-order valence-corrected chi connectivity index (χ0v) is 13.4. The molecule has 2 amide bonds. The smallest absolute Gasteiger partial charge is 0.242 e. The summed E-state index contributed by atoms with van der Waals surface area (Å²) in [5, 5.41) is 3.17. The van der Waals surface area contributed by atoms with Crippen LogP contribution in [0, 0.1) is 5.92 Å². The Labute approximate surface area is 130 Å². The van der Waals surface area contributed by atoms with E-state index in [1.165, 1.54) is 4.90 Å². The third kappa shape index (κ3) is 5.36. The molecule has 21 heavy (non-hydrogen) atoms. The molecular formula is C15H22ClN3O2. The molecule has 0 bridgehead atoms. The highest BCUT2D eigenvalue weighted by Crippen LogP contribution is 2.16. The molecule has 0 aliphatic carbocycles. The third-order valence-corrected chi connectivity index (χ3v) is 3.59. The van der Waals surface area contributed by atoms with Gasteiger partial charge in [0.1, 0.15) is 0 Å². The van der Waals surface area contributed by atoms with Gasteiger partial charge in [-0.05, 0) is 17.5 Å². The van der Waals surface area contributed by atoms with Crippen LogP contribution in [0.15, 0.2) is 24.3 Å². The van der Waals surface area contributed by atoms with Gasteiger partial charge in [0.25, 0.3) is 0 Å². The quantitative estimate of drug-likeness (QED) is 0.834. The molecule has 1 rings (SSSR count). The van der Waals surface area contributed by atoms with E-state index >= 15 is 0 Å². The summed E-state index contributed by atoms with van der Waals surface area (Å²) < 4.78 is 0. The van der Waals surface area contributed by atoms with Crippen LogP contribution in [-0.2, 0) is 16.1 Å². The predicted molar refractivity (Wildman–Crippen MR) is 83.7 cm³/mol. The highest BCUT2D eigenvalue weighted by molar-refractivity contribution is 6.31. The van der Waals surface area contributed by atoms with Gasteiger partial charge in [0.2, 0.25) is 11.8 Å². The number of carbonyl (C=O) groups excluding carboxylic acids is 2. The lowest BCUT2D eigenvalue weighted by Crippen LogP contribution is -2.47. The lowest BCUT2D eigenvalue weighted by molar-refractivity contribution is -0.132. The van der Waals surface area contributed by atoms with Crippen molar-refractivity contribution in [2.24, 2.45) is 11.7 Å². The van der Waals surface area contributed by atoms with Crippen molar-refractivity contribution >= 4 is 23.4 Å². The molecule has 6 heteroatoms. The number of hydrogen-bond donors (Lipinski definition) is 2. The number of carbonyl (C=O) groups is 2. The van der Waals surface area contributed by atoms with Crippen LogP contribution in [0.2, 0.25) is 5.02 Å². The van der Waals surface area contributed by atoms with Gasteiger partial charge < -0.3 is 16.0 Å². The molecule has 0 saturated heterocycles. The average molecular weight is 312 g/mol. The van der Waals surface area contributed by atoms with E-state index in [2.05, 4.69) is 5.32 Å². The number of likely N-dealkylation sites (N-methyl/N-ethyl adjacent to an activating group) is 1. The fourth-order valence-electron chi connectivity index (χ4n) is 1.69. The second-order valence-electron chi connectivity index (χ2n) is 5.33. The monoisotopic (exact) mass is 311 g/mol. The second kappa shape index (κ2) is 8.00. The summed E-state index contributed by atoms with van der Waals surface area (Å²) in [7, 11) is 1.67. The highest BCUT2D eigenvalue weighted by Gasteiger charge is 2.18. The summed E-state index contributed by atoms with van der Waals surface area (Å²) in [6, 6.07) is 6.73. The lowest BCUT2D eigenvalue weighted by Gasteiger charge is -2.20. The van der Waals surface area contributed by atoms with Crippen molar-refractivity contribution in [3.8, 4) is 0 Å². The molecule has 1 atom stereocenters. The van der Waals surface area contributed by atoms with Crippen LogP contribution < -0.4 is 11.1 Å². The molecule has 116 valence electrons. The van der Waals surface area contributed by atoms with Gasteiger partial charge in [0, 0.05) is 18.6 Å². The van der Waals surface area contributed by atoms with Crippen molar-refractivity contribution in [2.45, 2.75) is 26.4 Å². The number of amides is 2. The van der Waals surface area contributed by atoms with Gasteiger partial charge in [-0.3, -0.25) is 9.59 Å². The van der Waals surface area contributed by atoms with E-state index in [1.807, 2.05) is 32.0 Å². The topological polar surface area (TPSA) is 75.4 Å². The van der Waals surface area contributed by atoms with Crippen LogP contribution in [0.3, 0.4) is 0 Å². The number of rotatable bonds is 6. The number of nitrogens with zero attached hydrogens (tertiary/aromatic N) is 1. The third-order valence-electron chi connectivity index (χ3n) is 3.23. The molecule has 0 spiro atoms. The molecule has 0 saturated carbocycles. The van der Waals surface area contributed by atoms with Gasteiger partial charge in [0.05, 0.1) is 12.6 Å². The Morgan fingerprint density at radius 1 is 1.33 bits per heavy atom. The summed E-state index contributed by atoms with van der Waals surface area (Å²) in [4.78, 5) is 25.2. The maximum Gasteiger partial charge on any atom is 0.242 e. The summed E-state index contributed by atoms with van der Waals surface area (Å²) in [5.41, 5.74) is 6.57. The van der Waals surface area contributed by atoms with Crippen molar-refractivity contribution in [1.29, 1.82) is 0 Å². The molecule has 1 aromatic rings. The number of nitrogens with one attached hydrogen (secondary N) is 1. The predicted octanol–water partition coefficient (Wildman–Crippen LogP) is 1.40. The van der Waals surface area contributed by atoms with Gasteiger partial charge in [-0.15, -0.1) is 0 Å². The molecule has 0 aliphatic heterocycles. The Morgan fingerprint density at radius 3 is 2.52 bits per heavy atom. The zero-order valence-electron chi connectivity index (χ0n) is 12.6. The first kappa shape index (κ1) is 17.5. The Morgan fingerprint density at radius 2 is 1.95 bits per heavy atom. The minimum atomic E-state index is -0.605. The average Bonchev–Trinajstić information content (AvgIpc) is 2.45. The fourth-order valence-corrected chi connectivity index (χ4v) is 1.88. The maximum atomic E-state index is 12.0. The summed E-state index contributed by atoms with van der Waals surface area (Å²) in [6.07, 6.45) is 0. The Balaban J connectivity index is 2.49. The van der Waals surface area contributed by atoms with Crippen LogP contribution >= 0.6 is 11.6 Å². The van der Waals surface area contributed by atoms with E-state index in [0.29, 0.717) is 11.6 Å². The van der Waals surface area contributed by atoms with Crippen LogP contribution in [0.5, 0.6) is 0 Å². The minimum absolute atomic E-state index is 0.0287. The molecule has 0 unspecified atom stereocenters. The highest BCUT2D eigenvalue weighted by atomic mass is 35.5. The van der Waals surface area contributed by atoms with Crippen LogP contribution in [0.25, 0.3) is 0 Å². The molecule has 0 aliphatic rings. The van der Waals surface area contributed by atoms with E-state index in [4.69, 9.17) is 17.3 Å². The Hall–Kier alpha value is -1.59. The second-order valence-corrected chi connectivity index (χ2v) is 5.74. The zero-order chi connectivity index (χ0) is 16.0. The largest absolute Gasteiger partial charge is 0.346 e. The molecule has 0 aromatic heterocycles. The molecule has 0 radical (unpaired) electrons. The van der Waals surface area contributed by atoms with Crippen molar-refractivity contribution in [2.75, 3.05) is 13.6 Å². The van der Waals surface area contributed by atoms with Crippen LogP contribution in [0.1, 0.15) is 19.4 Å². The number of nitrogens with two attached hydrogens (primary N) is 1. The van der Waals surface area contributed by atoms with Gasteiger partial charge in [-0.2, -0.15) is 0 Å². The van der Waals surface area contributed by atoms with E-state index in [9.17, 15) is 9.59 Å². The first-order chi connectivity index (χ1) is 9.82. The number of halogens is 1. The molecule has 1 aromatic carbocycles. The number of benzene rings is 1. The van der Waals surface area contributed by atoms with Crippen LogP contribution in [-0.4, -0.2) is 36.3 Å². The van der Waals surface area contributed by atoms with Crippen molar-refractivity contribution in [1.82, 2.24) is 10.2 Å².